The number of hydrogen-bond donors (Lipinski definition) is 3. The van der Waals surface area contributed by atoms with Gasteiger partial charge in [0, 0.05) is 54.4 Å². The molecule has 2 fully saturated rings. The molecule has 1 unspecified atom stereocenters. The second kappa shape index (κ2) is 17.6. The van der Waals surface area contributed by atoms with Crippen molar-refractivity contribution in [2.24, 2.45) is 5.92 Å². The van der Waals surface area contributed by atoms with Crippen LogP contribution >= 0.6 is 12.2 Å². The number of carbonyl (C=O) groups is 4. The number of esters is 3. The van der Waals surface area contributed by atoms with Gasteiger partial charge >= 0.3 is 17.9 Å². The van der Waals surface area contributed by atoms with E-state index in [1.165, 1.54) is 27.7 Å². The van der Waals surface area contributed by atoms with Gasteiger partial charge in [0.05, 0.1) is 23.7 Å². The van der Waals surface area contributed by atoms with Crippen molar-refractivity contribution in [3.63, 3.8) is 0 Å². The highest BCUT2D eigenvalue weighted by Gasteiger charge is 2.51. The molecule has 0 spiro atoms. The Morgan fingerprint density at radius 3 is 2.14 bits per heavy atom. The normalized spacial score (nSPS) is 30.7. The zero-order valence-electron chi connectivity index (χ0n) is 25.0. The van der Waals surface area contributed by atoms with Crippen molar-refractivity contribution in [3.05, 3.63) is 0 Å². The van der Waals surface area contributed by atoms with E-state index in [2.05, 4.69) is 10.6 Å². The minimum atomic E-state index is -1.18. The average Bonchev–Trinajstić information content (AvgIpc) is 3.18. The maximum atomic E-state index is 12.0. The number of thiocarbonyl (C=S) groups is 1. The predicted octanol–water partition coefficient (Wildman–Crippen LogP) is 0.157. The molecule has 1 amide bonds. The van der Waals surface area contributed by atoms with Gasteiger partial charge in [-0.2, -0.15) is 0 Å². The predicted molar refractivity (Wildman–Crippen MR) is 150 cm³/mol. The van der Waals surface area contributed by atoms with Crippen molar-refractivity contribution in [3.8, 4) is 0 Å². The molecule has 1 saturated carbocycles. The van der Waals surface area contributed by atoms with E-state index in [1.807, 2.05) is 0 Å². The van der Waals surface area contributed by atoms with Crippen molar-refractivity contribution in [1.29, 1.82) is 0 Å². The molecule has 240 valence electrons. The Balaban J connectivity index is 2.01. The van der Waals surface area contributed by atoms with Gasteiger partial charge < -0.3 is 48.9 Å². The van der Waals surface area contributed by atoms with Gasteiger partial charge in [-0.15, -0.1) is 0 Å². The molecule has 9 atom stereocenters. The minimum Gasteiger partial charge on any atom is -0.463 e. The number of carbonyl (C=O) groups excluding carboxylic acids is 4. The smallest absolute Gasteiger partial charge is 0.303 e. The third-order valence-electron chi connectivity index (χ3n) is 6.92. The molecule has 3 N–H and O–H groups in total. The summed E-state index contributed by atoms with van der Waals surface area (Å²) < 4.78 is 38.6. The summed E-state index contributed by atoms with van der Waals surface area (Å²) in [5.41, 5.74) is 0. The fourth-order valence-electron chi connectivity index (χ4n) is 5.23. The molecule has 1 heterocycles. The molecule has 0 aromatic rings. The zero-order chi connectivity index (χ0) is 31.4. The number of aliphatic hydroxyl groups is 1. The first-order chi connectivity index (χ1) is 19.9. The van der Waals surface area contributed by atoms with E-state index in [-0.39, 0.29) is 25.2 Å². The van der Waals surface area contributed by atoms with E-state index >= 15 is 0 Å². The van der Waals surface area contributed by atoms with Crippen LogP contribution in [0.3, 0.4) is 0 Å². The third kappa shape index (κ3) is 11.0. The summed E-state index contributed by atoms with van der Waals surface area (Å²) in [5.74, 6) is -2.46. The van der Waals surface area contributed by atoms with Gasteiger partial charge in [0.15, 0.2) is 18.5 Å². The van der Waals surface area contributed by atoms with E-state index in [0.717, 1.165) is 0 Å². The highest BCUT2D eigenvalue weighted by molar-refractivity contribution is 7.80. The second-order valence-corrected chi connectivity index (χ2v) is 10.9. The molecule has 0 bridgehead atoms. The van der Waals surface area contributed by atoms with Crippen LogP contribution in [0.2, 0.25) is 0 Å². The number of ether oxygens (including phenoxy) is 7. The van der Waals surface area contributed by atoms with E-state index < -0.39 is 66.7 Å². The SMILES string of the molecule is COC[C@H]1C[C@@H](NC(=S)CCCCO[C@@H]2O[C@H](COC(C)=O)[C@H](OC(C)=O)[C@H](OC(C)=O)[C@H]2NC(C)=O)[C@@H](OC)C1O. The van der Waals surface area contributed by atoms with Crippen molar-refractivity contribution in [2.45, 2.75) is 102 Å². The van der Waals surface area contributed by atoms with E-state index in [4.69, 9.17) is 45.4 Å². The molecule has 0 aromatic heterocycles. The lowest BCUT2D eigenvalue weighted by atomic mass is 9.96. The Hall–Kier alpha value is -2.43. The Morgan fingerprint density at radius 1 is 0.905 bits per heavy atom. The fourth-order valence-corrected chi connectivity index (χ4v) is 5.53. The number of hydrogen-bond acceptors (Lipinski definition) is 13. The first kappa shape index (κ1) is 35.8. The largest absolute Gasteiger partial charge is 0.463 e. The van der Waals surface area contributed by atoms with Crippen LogP contribution in [0.25, 0.3) is 0 Å². The fraction of sp³-hybridized carbons (Fsp3) is 0.815. The molecule has 0 aromatic carbocycles. The topological polar surface area (TPSA) is 177 Å². The molecule has 2 aliphatic rings. The first-order valence-electron chi connectivity index (χ1n) is 13.9. The Bertz CT molecular complexity index is 937. The number of unbranched alkanes of at least 4 members (excludes halogenated alkanes) is 1. The van der Waals surface area contributed by atoms with Crippen molar-refractivity contribution < 1.29 is 57.4 Å². The van der Waals surface area contributed by atoms with Gasteiger partial charge in [0.25, 0.3) is 0 Å². The van der Waals surface area contributed by atoms with Crippen LogP contribution in [0.4, 0.5) is 0 Å². The molecule has 2 rings (SSSR count). The number of methoxy groups -OCH3 is 2. The van der Waals surface area contributed by atoms with Crippen LogP contribution < -0.4 is 10.6 Å². The quantitative estimate of drug-likeness (QED) is 0.0976. The van der Waals surface area contributed by atoms with Crippen LogP contribution in [0, 0.1) is 5.92 Å². The zero-order valence-corrected chi connectivity index (χ0v) is 25.8. The molecule has 1 saturated heterocycles. The lowest BCUT2D eigenvalue weighted by molar-refractivity contribution is -0.277. The van der Waals surface area contributed by atoms with Crippen LogP contribution in [-0.2, 0) is 52.3 Å². The van der Waals surface area contributed by atoms with Crippen LogP contribution in [-0.4, -0.2) is 117 Å². The lowest BCUT2D eigenvalue weighted by Gasteiger charge is -2.44. The van der Waals surface area contributed by atoms with E-state index in [0.29, 0.717) is 37.3 Å². The Labute approximate surface area is 251 Å². The number of amides is 1. The number of nitrogens with one attached hydrogen (secondary N) is 2. The van der Waals surface area contributed by atoms with Crippen LogP contribution in [0.5, 0.6) is 0 Å². The Morgan fingerprint density at radius 2 is 1.57 bits per heavy atom. The van der Waals surface area contributed by atoms with E-state index in [9.17, 15) is 24.3 Å². The summed E-state index contributed by atoms with van der Waals surface area (Å²) in [5, 5.41) is 16.4. The monoisotopic (exact) mass is 620 g/mol. The molecule has 1 aliphatic carbocycles. The van der Waals surface area contributed by atoms with Gasteiger partial charge in [0.2, 0.25) is 5.91 Å². The van der Waals surface area contributed by atoms with Crippen molar-refractivity contribution >= 4 is 41.0 Å². The van der Waals surface area contributed by atoms with Crippen molar-refractivity contribution in [1.82, 2.24) is 10.6 Å². The summed E-state index contributed by atoms with van der Waals surface area (Å²) in [6.07, 6.45) is -3.15. The molecular formula is C27H44N2O12S. The van der Waals surface area contributed by atoms with Crippen LogP contribution in [0.15, 0.2) is 0 Å². The third-order valence-corrected chi connectivity index (χ3v) is 7.25. The summed E-state index contributed by atoms with van der Waals surface area (Å²) in [4.78, 5) is 47.9. The Kier molecular flexibility index (Phi) is 15.0. The number of rotatable bonds is 15. The first-order valence-corrected chi connectivity index (χ1v) is 14.3. The van der Waals surface area contributed by atoms with E-state index in [1.54, 1.807) is 14.2 Å². The molecule has 42 heavy (non-hydrogen) atoms. The molecule has 15 heteroatoms. The molecule has 1 aliphatic heterocycles. The molecule has 0 radical (unpaired) electrons. The van der Waals surface area contributed by atoms with Gasteiger partial charge in [-0.1, -0.05) is 12.2 Å². The summed E-state index contributed by atoms with van der Waals surface area (Å²) in [6, 6.07) is -1.16. The highest BCUT2D eigenvalue weighted by Crippen LogP contribution is 2.30. The van der Waals surface area contributed by atoms with Gasteiger partial charge in [0.1, 0.15) is 24.9 Å². The molecular weight excluding hydrogens is 576 g/mol. The maximum Gasteiger partial charge on any atom is 0.303 e. The standard InChI is InChI=1S/C27H44N2O12S/c1-14(30)28-22-26(40-17(4)33)25(39-16(3)32)20(13-38-15(2)31)41-27(22)37-10-8-7-9-21(42)29-19-11-18(12-35-5)23(34)24(19)36-6/h18-20,22-27,34H,7-13H2,1-6H3,(H,28,30)(H,29,42)/t18-,19-,20-,22-,23?,24-,25+,26-,27-/m1/s1. The lowest BCUT2D eigenvalue weighted by Crippen LogP contribution is -2.66. The van der Waals surface area contributed by atoms with Crippen LogP contribution in [0.1, 0.15) is 53.4 Å². The summed E-state index contributed by atoms with van der Waals surface area (Å²) >= 11 is 5.52. The van der Waals surface area contributed by atoms with Crippen molar-refractivity contribution in [2.75, 3.05) is 34.0 Å². The van der Waals surface area contributed by atoms with Gasteiger partial charge in [-0.05, 0) is 25.7 Å². The minimum absolute atomic E-state index is 0.0541. The average molecular weight is 621 g/mol. The number of aliphatic hydroxyl groups excluding tert-OH is 1. The molecule has 14 nitrogen and oxygen atoms in total. The summed E-state index contributed by atoms with van der Waals surface area (Å²) in [6.45, 7) is 5.14. The second-order valence-electron chi connectivity index (χ2n) is 10.4. The van der Waals surface area contributed by atoms with Gasteiger partial charge in [-0.25, -0.2) is 0 Å². The summed E-state index contributed by atoms with van der Waals surface area (Å²) in [7, 11) is 3.14. The highest BCUT2D eigenvalue weighted by atomic mass is 32.1. The maximum absolute atomic E-state index is 12.0. The van der Waals surface area contributed by atoms with Gasteiger partial charge in [-0.3, -0.25) is 19.2 Å².